The van der Waals surface area contributed by atoms with E-state index in [2.05, 4.69) is 24.8 Å². The van der Waals surface area contributed by atoms with Gasteiger partial charge in [-0.3, -0.25) is 0 Å². The zero-order valence-electron chi connectivity index (χ0n) is 10.7. The maximum absolute atomic E-state index is 10.2. The summed E-state index contributed by atoms with van der Waals surface area (Å²) in [5.41, 5.74) is 5.24. The highest BCUT2D eigenvalue weighted by Crippen LogP contribution is 2.13. The van der Waals surface area contributed by atoms with Gasteiger partial charge in [0.25, 0.3) is 0 Å². The summed E-state index contributed by atoms with van der Waals surface area (Å²) < 4.78 is 0. The fourth-order valence-corrected chi connectivity index (χ4v) is 1.62. The Morgan fingerprint density at radius 2 is 1.63 bits per heavy atom. The normalized spacial score (nSPS) is 11.1. The molecule has 3 nitrogen and oxygen atoms in total. The topological polar surface area (TPSA) is 67.8 Å². The van der Waals surface area contributed by atoms with Gasteiger partial charge < -0.3 is 15.6 Å². The zero-order chi connectivity index (χ0) is 14.3. The van der Waals surface area contributed by atoms with Crippen LogP contribution >= 0.6 is 11.6 Å². The maximum atomic E-state index is 10.2. The molecular weight excluding hydrogens is 262 g/mol. The van der Waals surface area contributed by atoms with Gasteiger partial charge in [0, 0.05) is 16.1 Å². The molecule has 0 aliphatic heterocycles. The van der Waals surface area contributed by atoms with Crippen molar-refractivity contribution in [2.24, 2.45) is 0 Å². The van der Waals surface area contributed by atoms with E-state index in [9.17, 15) is 9.90 Å². The first-order chi connectivity index (χ1) is 9.02. The van der Waals surface area contributed by atoms with E-state index in [0.29, 0.717) is 6.04 Å². The Hall–Kier alpha value is -1.84. The van der Waals surface area contributed by atoms with Crippen LogP contribution in [0.25, 0.3) is 0 Å². The van der Waals surface area contributed by atoms with Crippen LogP contribution in [0.2, 0.25) is 5.02 Å². The van der Waals surface area contributed by atoms with Crippen LogP contribution in [0.15, 0.2) is 54.6 Å². The van der Waals surface area contributed by atoms with Crippen molar-refractivity contribution in [2.75, 3.05) is 0 Å². The van der Waals surface area contributed by atoms with Crippen LogP contribution in [0.3, 0.4) is 0 Å². The number of carbonyl (C=O) groups excluding carboxylic acids is 1. The smallest absolute Gasteiger partial charge is 0.107 e. The molecule has 0 fully saturated rings. The van der Waals surface area contributed by atoms with Crippen molar-refractivity contribution in [1.29, 1.82) is 0 Å². The SMILES string of the molecule is C[C@H]([NH3+])c1ccccc1.O=C([O-])c1ccccc1Cl. The molecule has 0 unspecified atom stereocenters. The van der Waals surface area contributed by atoms with Gasteiger partial charge in [0.2, 0.25) is 0 Å². The van der Waals surface area contributed by atoms with Gasteiger partial charge in [0.1, 0.15) is 6.04 Å². The lowest BCUT2D eigenvalue weighted by Crippen LogP contribution is -2.51. The summed E-state index contributed by atoms with van der Waals surface area (Å²) in [4.78, 5) is 10.2. The third kappa shape index (κ3) is 5.12. The van der Waals surface area contributed by atoms with Crippen LogP contribution < -0.4 is 10.8 Å². The van der Waals surface area contributed by atoms with E-state index >= 15 is 0 Å². The van der Waals surface area contributed by atoms with Crippen LogP contribution in [-0.4, -0.2) is 5.97 Å². The fraction of sp³-hybridized carbons (Fsp3) is 0.133. The van der Waals surface area contributed by atoms with Gasteiger partial charge in [0.15, 0.2) is 0 Å². The fourth-order valence-electron chi connectivity index (χ4n) is 1.41. The molecule has 0 aliphatic carbocycles. The van der Waals surface area contributed by atoms with E-state index in [-0.39, 0.29) is 10.6 Å². The van der Waals surface area contributed by atoms with Gasteiger partial charge in [-0.1, -0.05) is 60.1 Å². The summed E-state index contributed by atoms with van der Waals surface area (Å²) in [5, 5.41) is 10.4. The molecule has 0 bridgehead atoms. The Bertz CT molecular complexity index is 527. The molecule has 2 rings (SSSR count). The average molecular weight is 278 g/mol. The minimum absolute atomic E-state index is 0.0316. The van der Waals surface area contributed by atoms with Gasteiger partial charge in [-0.15, -0.1) is 0 Å². The lowest BCUT2D eigenvalue weighted by atomic mass is 10.1. The number of carbonyl (C=O) groups is 1. The Kier molecular flexibility index (Phi) is 6.06. The van der Waals surface area contributed by atoms with Gasteiger partial charge >= 0.3 is 0 Å². The molecule has 19 heavy (non-hydrogen) atoms. The maximum Gasteiger partial charge on any atom is 0.107 e. The van der Waals surface area contributed by atoms with E-state index < -0.39 is 5.97 Å². The van der Waals surface area contributed by atoms with E-state index in [4.69, 9.17) is 11.6 Å². The van der Waals surface area contributed by atoms with Gasteiger partial charge in [-0.25, -0.2) is 0 Å². The third-order valence-electron chi connectivity index (χ3n) is 2.46. The highest BCUT2D eigenvalue weighted by atomic mass is 35.5. The quantitative estimate of drug-likeness (QED) is 0.908. The first kappa shape index (κ1) is 15.2. The predicted molar refractivity (Wildman–Crippen MR) is 73.5 cm³/mol. The first-order valence-corrected chi connectivity index (χ1v) is 6.24. The number of hydrogen-bond acceptors (Lipinski definition) is 2. The van der Waals surface area contributed by atoms with E-state index in [1.165, 1.54) is 17.7 Å². The second kappa shape index (κ2) is 7.56. The van der Waals surface area contributed by atoms with Crippen molar-refractivity contribution in [1.82, 2.24) is 0 Å². The molecule has 0 spiro atoms. The Balaban J connectivity index is 0.000000191. The molecule has 2 aromatic carbocycles. The molecule has 0 aromatic heterocycles. The van der Waals surface area contributed by atoms with Crippen molar-refractivity contribution < 1.29 is 15.6 Å². The molecule has 0 amide bonds. The molecule has 0 heterocycles. The number of quaternary nitrogens is 1. The second-order valence-corrected chi connectivity index (χ2v) is 4.49. The molecular formula is C15H16ClNO2. The molecule has 0 radical (unpaired) electrons. The van der Waals surface area contributed by atoms with Crippen LogP contribution in [0.4, 0.5) is 0 Å². The molecule has 0 saturated heterocycles. The van der Waals surface area contributed by atoms with Gasteiger partial charge in [0.05, 0.1) is 5.97 Å². The average Bonchev–Trinajstić information content (AvgIpc) is 2.40. The van der Waals surface area contributed by atoms with E-state index in [1.807, 2.05) is 18.2 Å². The summed E-state index contributed by atoms with van der Waals surface area (Å²) in [6.45, 7) is 2.09. The largest absolute Gasteiger partial charge is 0.545 e. The molecule has 1 atom stereocenters. The summed E-state index contributed by atoms with van der Waals surface area (Å²) in [6.07, 6.45) is 0. The standard InChI is InChI=1S/C8H11N.C7H5ClO2/c1-7(9)8-5-3-2-4-6-8;8-6-4-2-1-3-5(6)7(9)10/h2-7H,9H2,1H3;1-4H,(H,9,10)/t7-;/m0./s1. The van der Waals surface area contributed by atoms with Crippen molar-refractivity contribution in [2.45, 2.75) is 13.0 Å². The number of rotatable bonds is 2. The Morgan fingerprint density at radius 3 is 2.00 bits per heavy atom. The lowest BCUT2D eigenvalue weighted by Gasteiger charge is -2.02. The summed E-state index contributed by atoms with van der Waals surface area (Å²) in [6, 6.07) is 16.9. The zero-order valence-corrected chi connectivity index (χ0v) is 11.4. The Labute approximate surface area is 117 Å². The second-order valence-electron chi connectivity index (χ2n) is 4.08. The number of halogens is 1. The number of carboxylic acid groups (broad SMARTS) is 1. The Morgan fingerprint density at radius 1 is 1.11 bits per heavy atom. The van der Waals surface area contributed by atoms with Gasteiger partial charge in [-0.05, 0) is 13.0 Å². The van der Waals surface area contributed by atoms with E-state index in [0.717, 1.165) is 0 Å². The molecule has 4 heteroatoms. The third-order valence-corrected chi connectivity index (χ3v) is 2.79. The van der Waals surface area contributed by atoms with Gasteiger partial charge in [-0.2, -0.15) is 0 Å². The minimum Gasteiger partial charge on any atom is -0.545 e. The van der Waals surface area contributed by atoms with Crippen LogP contribution in [0.1, 0.15) is 28.9 Å². The number of carboxylic acids is 1. The summed E-state index contributed by atoms with van der Waals surface area (Å²) >= 11 is 5.50. The van der Waals surface area contributed by atoms with E-state index in [1.54, 1.807) is 12.1 Å². The van der Waals surface area contributed by atoms with Crippen molar-refractivity contribution >= 4 is 17.6 Å². The highest BCUT2D eigenvalue weighted by Gasteiger charge is 1.97. The number of hydrogen-bond donors (Lipinski definition) is 1. The van der Waals surface area contributed by atoms with Crippen LogP contribution in [-0.2, 0) is 0 Å². The van der Waals surface area contributed by atoms with Crippen molar-refractivity contribution in [3.63, 3.8) is 0 Å². The lowest BCUT2D eigenvalue weighted by molar-refractivity contribution is -0.420. The number of benzene rings is 2. The minimum atomic E-state index is -1.24. The highest BCUT2D eigenvalue weighted by molar-refractivity contribution is 6.33. The molecule has 3 N–H and O–H groups in total. The van der Waals surface area contributed by atoms with Crippen LogP contribution in [0.5, 0.6) is 0 Å². The molecule has 2 aromatic rings. The number of aromatic carboxylic acids is 1. The molecule has 0 saturated carbocycles. The molecule has 0 aliphatic rings. The van der Waals surface area contributed by atoms with Crippen molar-refractivity contribution in [3.8, 4) is 0 Å². The van der Waals surface area contributed by atoms with Crippen LogP contribution in [0, 0.1) is 0 Å². The monoisotopic (exact) mass is 277 g/mol. The summed E-state index contributed by atoms with van der Waals surface area (Å²) in [5.74, 6) is -1.24. The van der Waals surface area contributed by atoms with Crippen molar-refractivity contribution in [3.05, 3.63) is 70.7 Å². The first-order valence-electron chi connectivity index (χ1n) is 5.86. The summed E-state index contributed by atoms with van der Waals surface area (Å²) in [7, 11) is 0. The molecule has 100 valence electrons. The predicted octanol–water partition coefficient (Wildman–Crippen LogP) is 1.69.